The van der Waals surface area contributed by atoms with Gasteiger partial charge in [-0.1, -0.05) is 64.1 Å². The van der Waals surface area contributed by atoms with E-state index in [1.54, 1.807) is 18.7 Å². The first-order valence-corrected chi connectivity index (χ1v) is 9.59. The molecule has 0 aliphatic carbocycles. The molecule has 0 fully saturated rings. The number of aryl methyl sites for hydroxylation is 1. The summed E-state index contributed by atoms with van der Waals surface area (Å²) < 4.78 is 1.95. The largest absolute Gasteiger partial charge is 0.338 e. The second-order valence-corrected chi connectivity index (χ2v) is 5.25. The van der Waals surface area contributed by atoms with E-state index >= 15 is 0 Å². The normalized spacial score (nSPS) is 9.18. The van der Waals surface area contributed by atoms with Gasteiger partial charge in [0.25, 0.3) is 0 Å². The Bertz CT molecular complexity index is 932. The molecular formula is C22H30N6. The Hall–Kier alpha value is -3.28. The lowest BCUT2D eigenvalue weighted by Crippen LogP contribution is -2.13. The molecule has 6 nitrogen and oxygen atoms in total. The molecule has 148 valence electrons. The zero-order valence-corrected chi connectivity index (χ0v) is 17.3. The van der Waals surface area contributed by atoms with Crippen LogP contribution in [-0.2, 0) is 6.54 Å². The summed E-state index contributed by atoms with van der Waals surface area (Å²) in [6.07, 6.45) is 5.16. The van der Waals surface area contributed by atoms with Gasteiger partial charge in [-0.25, -0.2) is 9.97 Å². The minimum absolute atomic E-state index is 0.231. The van der Waals surface area contributed by atoms with E-state index in [1.165, 1.54) is 5.56 Å². The van der Waals surface area contributed by atoms with E-state index in [4.69, 9.17) is 5.41 Å². The van der Waals surface area contributed by atoms with Crippen LogP contribution in [-0.4, -0.2) is 24.5 Å². The molecule has 0 aliphatic rings. The average Bonchev–Trinajstić information content (AvgIpc) is 3.18. The van der Waals surface area contributed by atoms with Gasteiger partial charge in [0, 0.05) is 12.4 Å². The van der Waals surface area contributed by atoms with Crippen molar-refractivity contribution < 1.29 is 0 Å². The summed E-state index contributed by atoms with van der Waals surface area (Å²) in [7, 11) is 0. The molecule has 0 saturated heterocycles. The third kappa shape index (κ3) is 6.79. The van der Waals surface area contributed by atoms with Crippen molar-refractivity contribution in [1.29, 1.82) is 5.41 Å². The fraction of sp³-hybridized carbons (Fsp3) is 0.273. The maximum Gasteiger partial charge on any atom is 0.173 e. The minimum atomic E-state index is 0.231. The summed E-state index contributed by atoms with van der Waals surface area (Å²) in [5.41, 5.74) is 2.88. The smallest absolute Gasteiger partial charge is 0.173 e. The van der Waals surface area contributed by atoms with E-state index in [2.05, 4.69) is 32.1 Å². The van der Waals surface area contributed by atoms with E-state index in [0.29, 0.717) is 12.1 Å². The van der Waals surface area contributed by atoms with Crippen LogP contribution in [0.3, 0.4) is 0 Å². The lowest BCUT2D eigenvalue weighted by molar-refractivity contribution is 0.783. The summed E-state index contributed by atoms with van der Waals surface area (Å²) in [4.78, 5) is 15.3. The van der Waals surface area contributed by atoms with Gasteiger partial charge in [0.05, 0.1) is 12.9 Å². The third-order valence-corrected chi connectivity index (χ3v) is 3.40. The van der Waals surface area contributed by atoms with Crippen molar-refractivity contribution >= 4 is 11.2 Å². The van der Waals surface area contributed by atoms with Gasteiger partial charge >= 0.3 is 0 Å². The Labute approximate surface area is 166 Å². The Morgan fingerprint density at radius 1 is 0.929 bits per heavy atom. The first-order valence-electron chi connectivity index (χ1n) is 9.59. The van der Waals surface area contributed by atoms with Crippen molar-refractivity contribution in [2.24, 2.45) is 0 Å². The first kappa shape index (κ1) is 22.8. The van der Waals surface area contributed by atoms with Gasteiger partial charge in [-0.2, -0.15) is 0 Å². The molecule has 6 heteroatoms. The van der Waals surface area contributed by atoms with Crippen molar-refractivity contribution in [1.82, 2.24) is 24.5 Å². The molecule has 0 saturated carbocycles. The lowest BCUT2D eigenvalue weighted by Gasteiger charge is -2.06. The molecular weight excluding hydrogens is 348 g/mol. The molecule has 3 aromatic heterocycles. The van der Waals surface area contributed by atoms with Crippen LogP contribution in [0.25, 0.3) is 11.2 Å². The highest BCUT2D eigenvalue weighted by Gasteiger charge is 2.06. The highest BCUT2D eigenvalue weighted by molar-refractivity contribution is 5.69. The molecule has 0 amide bonds. The maximum atomic E-state index is 7.76. The van der Waals surface area contributed by atoms with Crippen LogP contribution in [0.5, 0.6) is 0 Å². The summed E-state index contributed by atoms with van der Waals surface area (Å²) in [6.45, 7) is 10.6. The van der Waals surface area contributed by atoms with E-state index < -0.39 is 0 Å². The first-order chi connectivity index (χ1) is 13.7. The second-order valence-electron chi connectivity index (χ2n) is 5.25. The number of pyridine rings is 1. The number of benzene rings is 1. The van der Waals surface area contributed by atoms with Crippen molar-refractivity contribution in [3.8, 4) is 0 Å². The minimum Gasteiger partial charge on any atom is -0.338 e. The number of fused-ring (bicyclic) bond motifs is 1. The van der Waals surface area contributed by atoms with Gasteiger partial charge in [0.2, 0.25) is 0 Å². The van der Waals surface area contributed by atoms with Crippen molar-refractivity contribution in [3.05, 3.63) is 84.1 Å². The number of rotatable bonds is 2. The molecule has 0 aliphatic heterocycles. The van der Waals surface area contributed by atoms with E-state index in [1.807, 2.05) is 75.6 Å². The van der Waals surface area contributed by atoms with E-state index in [9.17, 15) is 0 Å². The molecule has 4 rings (SSSR count). The zero-order chi connectivity index (χ0) is 20.8. The number of hydrogen-bond acceptors (Lipinski definition) is 4. The van der Waals surface area contributed by atoms with Gasteiger partial charge in [-0.15, -0.1) is 0 Å². The van der Waals surface area contributed by atoms with Crippen LogP contribution >= 0.6 is 0 Å². The molecule has 4 aromatic rings. The molecule has 28 heavy (non-hydrogen) atoms. The quantitative estimate of drug-likeness (QED) is 0.529. The van der Waals surface area contributed by atoms with Crippen LogP contribution in [0, 0.1) is 12.3 Å². The molecule has 0 spiro atoms. The Morgan fingerprint density at radius 3 is 2.07 bits per heavy atom. The number of nitrogens with zero attached hydrogens (tertiary/aromatic N) is 4. The summed E-state index contributed by atoms with van der Waals surface area (Å²) in [5.74, 6) is 0.799. The fourth-order valence-corrected chi connectivity index (χ4v) is 2.31. The standard InChI is InChI=1S/C13H13N5.C5H5N.2C2H6/c1-9-16-11-12(14)15-8-18(13(11)17-9)7-10-5-3-2-4-6-10;1-2-4-6-5-3-1;2*1-2/h2-6,8,14H,7H2,1H3,(H,16,17);1-5H;2*1-2H3. The van der Waals surface area contributed by atoms with Crippen molar-refractivity contribution in [3.63, 3.8) is 0 Å². The molecule has 0 unspecified atom stereocenters. The summed E-state index contributed by atoms with van der Waals surface area (Å²) >= 11 is 0. The van der Waals surface area contributed by atoms with Crippen LogP contribution in [0.4, 0.5) is 0 Å². The van der Waals surface area contributed by atoms with Crippen molar-refractivity contribution in [2.45, 2.75) is 41.2 Å². The molecule has 3 heterocycles. The van der Waals surface area contributed by atoms with Gasteiger partial charge in [0.1, 0.15) is 11.3 Å². The number of hydrogen-bond donors (Lipinski definition) is 2. The van der Waals surface area contributed by atoms with Crippen LogP contribution < -0.4 is 5.49 Å². The number of aromatic nitrogens is 5. The number of nitrogens with one attached hydrogen (secondary N) is 2. The van der Waals surface area contributed by atoms with Crippen LogP contribution in [0.1, 0.15) is 39.1 Å². The Morgan fingerprint density at radius 2 is 1.54 bits per heavy atom. The van der Waals surface area contributed by atoms with Crippen molar-refractivity contribution in [2.75, 3.05) is 0 Å². The average molecular weight is 379 g/mol. The summed E-state index contributed by atoms with van der Waals surface area (Å²) in [6, 6.07) is 15.9. The van der Waals surface area contributed by atoms with Crippen LogP contribution in [0.2, 0.25) is 0 Å². The predicted molar refractivity (Wildman–Crippen MR) is 115 cm³/mol. The SMILES string of the molecule is CC.CC.Cc1nc2c([nH]1)c(=N)ncn2Cc1ccccc1.c1ccncc1. The van der Waals surface area contributed by atoms with Crippen LogP contribution in [0.15, 0.2) is 67.3 Å². The number of H-pyrrole nitrogens is 1. The molecule has 0 radical (unpaired) electrons. The topological polar surface area (TPSA) is 83.2 Å². The van der Waals surface area contributed by atoms with E-state index in [0.717, 1.165) is 11.5 Å². The predicted octanol–water partition coefficient (Wildman–Crippen LogP) is 4.73. The molecule has 1 aromatic carbocycles. The molecule has 0 atom stereocenters. The second kappa shape index (κ2) is 13.0. The zero-order valence-electron chi connectivity index (χ0n) is 17.3. The Balaban J connectivity index is 0.000000329. The van der Waals surface area contributed by atoms with Gasteiger partial charge in [0.15, 0.2) is 11.1 Å². The Kier molecular flexibility index (Phi) is 10.5. The maximum absolute atomic E-state index is 7.76. The lowest BCUT2D eigenvalue weighted by atomic mass is 10.2. The van der Waals surface area contributed by atoms with Gasteiger partial charge in [-0.05, 0) is 24.6 Å². The highest BCUT2D eigenvalue weighted by atomic mass is 15.1. The fourth-order valence-electron chi connectivity index (χ4n) is 2.31. The van der Waals surface area contributed by atoms with Gasteiger partial charge in [-0.3, -0.25) is 10.4 Å². The molecule has 0 bridgehead atoms. The third-order valence-electron chi connectivity index (χ3n) is 3.40. The number of imidazole rings is 1. The number of aromatic amines is 1. The highest BCUT2D eigenvalue weighted by Crippen LogP contribution is 2.09. The monoisotopic (exact) mass is 378 g/mol. The molecule has 2 N–H and O–H groups in total. The van der Waals surface area contributed by atoms with E-state index in [-0.39, 0.29) is 5.49 Å². The van der Waals surface area contributed by atoms with Gasteiger partial charge < -0.3 is 9.55 Å². The summed E-state index contributed by atoms with van der Waals surface area (Å²) in [5, 5.41) is 7.76.